The standard InChI is InChI=1S/C23H23F3N4OS/c1-2-32-20-19(16-8-4-3-5-9-16)28-22(29-20)12-14-30(15-13-22)21(31)27-18-11-7-6-10-17(18)23(24,25)26/h3-11H,2,12-15H2,1H3,(H,27,31). The summed E-state index contributed by atoms with van der Waals surface area (Å²) in [6, 6.07) is 14.3. The van der Waals surface area contributed by atoms with Crippen LogP contribution < -0.4 is 5.32 Å². The third-order valence-electron chi connectivity index (χ3n) is 5.49. The van der Waals surface area contributed by atoms with Crippen molar-refractivity contribution in [3.63, 3.8) is 0 Å². The highest BCUT2D eigenvalue weighted by Crippen LogP contribution is 2.37. The molecule has 1 fully saturated rings. The number of carbonyl (C=O) groups excluding carboxylic acids is 1. The lowest BCUT2D eigenvalue weighted by atomic mass is 9.98. The maximum Gasteiger partial charge on any atom is 0.418 e. The van der Waals surface area contributed by atoms with Crippen LogP contribution >= 0.6 is 11.8 Å². The summed E-state index contributed by atoms with van der Waals surface area (Å²) in [5.41, 5.74) is 0.154. The molecule has 2 aromatic carbocycles. The van der Waals surface area contributed by atoms with Gasteiger partial charge in [-0.3, -0.25) is 4.99 Å². The van der Waals surface area contributed by atoms with Crippen molar-refractivity contribution < 1.29 is 18.0 Å². The molecule has 2 heterocycles. The van der Waals surface area contributed by atoms with E-state index in [9.17, 15) is 18.0 Å². The number of nitrogens with zero attached hydrogens (tertiary/aromatic N) is 3. The number of thioether (sulfide) groups is 1. The van der Waals surface area contributed by atoms with Gasteiger partial charge >= 0.3 is 12.2 Å². The summed E-state index contributed by atoms with van der Waals surface area (Å²) in [7, 11) is 0. The molecule has 1 spiro atoms. The second-order valence-electron chi connectivity index (χ2n) is 7.62. The molecule has 0 unspecified atom stereocenters. The van der Waals surface area contributed by atoms with Crippen LogP contribution in [0.2, 0.25) is 0 Å². The zero-order valence-corrected chi connectivity index (χ0v) is 18.3. The molecule has 5 nitrogen and oxygen atoms in total. The number of nitrogens with one attached hydrogen (secondary N) is 1. The number of likely N-dealkylation sites (tertiary alicyclic amines) is 1. The van der Waals surface area contributed by atoms with E-state index in [-0.39, 0.29) is 5.69 Å². The number of para-hydroxylation sites is 1. The molecule has 2 amide bonds. The fraction of sp³-hybridized carbons (Fsp3) is 0.348. The number of halogens is 3. The first-order valence-corrected chi connectivity index (χ1v) is 11.4. The Kier molecular flexibility index (Phi) is 6.28. The van der Waals surface area contributed by atoms with Crippen LogP contribution in [-0.4, -0.2) is 46.2 Å². The van der Waals surface area contributed by atoms with Gasteiger partial charge in [-0.1, -0.05) is 49.4 Å². The minimum atomic E-state index is -4.54. The molecule has 1 N–H and O–H groups in total. The molecule has 2 aliphatic rings. The Labute approximate surface area is 188 Å². The second kappa shape index (κ2) is 8.97. The molecule has 0 radical (unpaired) electrons. The van der Waals surface area contributed by atoms with E-state index in [0.29, 0.717) is 25.9 Å². The van der Waals surface area contributed by atoms with Gasteiger partial charge in [-0.15, -0.1) is 11.8 Å². The molecule has 2 aliphatic heterocycles. The minimum Gasteiger partial charge on any atom is -0.324 e. The van der Waals surface area contributed by atoms with E-state index in [4.69, 9.17) is 9.98 Å². The summed E-state index contributed by atoms with van der Waals surface area (Å²) in [6.45, 7) is 2.78. The molecule has 0 aromatic heterocycles. The van der Waals surface area contributed by atoms with Crippen LogP contribution in [0.3, 0.4) is 0 Å². The number of anilines is 1. The highest BCUT2D eigenvalue weighted by atomic mass is 32.2. The molecule has 4 rings (SSSR count). The van der Waals surface area contributed by atoms with Crippen molar-refractivity contribution in [2.45, 2.75) is 31.6 Å². The monoisotopic (exact) mass is 460 g/mol. The van der Waals surface area contributed by atoms with Crippen molar-refractivity contribution in [2.75, 3.05) is 24.2 Å². The Bertz CT molecular complexity index is 1040. The number of benzene rings is 2. The Balaban J connectivity index is 1.47. The maximum absolute atomic E-state index is 13.2. The number of rotatable bonds is 3. The lowest BCUT2D eigenvalue weighted by molar-refractivity contribution is -0.136. The Morgan fingerprint density at radius 2 is 1.72 bits per heavy atom. The third-order valence-corrected chi connectivity index (χ3v) is 6.33. The van der Waals surface area contributed by atoms with E-state index in [1.807, 2.05) is 30.3 Å². The number of aliphatic imine (C=N–C) groups is 2. The van der Waals surface area contributed by atoms with Crippen molar-refractivity contribution in [3.8, 4) is 0 Å². The van der Waals surface area contributed by atoms with E-state index in [1.165, 1.54) is 23.1 Å². The SMILES string of the molecule is CCSC1=NC2(CCN(C(=O)Nc3ccccc3C(F)(F)F)CC2)N=C1c1ccccc1. The first-order chi connectivity index (χ1) is 15.3. The molecule has 0 saturated carbocycles. The maximum atomic E-state index is 13.2. The topological polar surface area (TPSA) is 57.1 Å². The van der Waals surface area contributed by atoms with Gasteiger partial charge < -0.3 is 10.2 Å². The van der Waals surface area contributed by atoms with Crippen molar-refractivity contribution in [2.24, 2.45) is 9.98 Å². The normalized spacial score (nSPS) is 17.8. The number of amides is 2. The fourth-order valence-corrected chi connectivity index (χ4v) is 4.68. The highest BCUT2D eigenvalue weighted by molar-refractivity contribution is 8.15. The molecule has 168 valence electrons. The van der Waals surface area contributed by atoms with Crippen LogP contribution in [-0.2, 0) is 6.18 Å². The van der Waals surface area contributed by atoms with Gasteiger partial charge in [0.15, 0.2) is 5.66 Å². The number of hydrogen-bond donors (Lipinski definition) is 1. The summed E-state index contributed by atoms with van der Waals surface area (Å²) in [4.78, 5) is 24.1. The lowest BCUT2D eigenvalue weighted by Crippen LogP contribution is -2.46. The van der Waals surface area contributed by atoms with E-state index in [0.717, 1.165) is 28.1 Å². The molecule has 0 aliphatic carbocycles. The second-order valence-corrected chi connectivity index (χ2v) is 8.87. The van der Waals surface area contributed by atoms with Gasteiger partial charge in [0.1, 0.15) is 5.04 Å². The largest absolute Gasteiger partial charge is 0.418 e. The summed E-state index contributed by atoms with van der Waals surface area (Å²) >= 11 is 1.64. The molecule has 2 aromatic rings. The molecule has 1 saturated heterocycles. The predicted octanol–water partition coefficient (Wildman–Crippen LogP) is 5.68. The molecular weight excluding hydrogens is 437 g/mol. The molecule has 32 heavy (non-hydrogen) atoms. The predicted molar refractivity (Wildman–Crippen MR) is 123 cm³/mol. The van der Waals surface area contributed by atoms with Gasteiger partial charge in [-0.2, -0.15) is 13.2 Å². The Morgan fingerprint density at radius 3 is 2.38 bits per heavy atom. The van der Waals surface area contributed by atoms with Crippen molar-refractivity contribution in [1.29, 1.82) is 0 Å². The summed E-state index contributed by atoms with van der Waals surface area (Å²) in [5, 5.41) is 3.32. The highest BCUT2D eigenvalue weighted by Gasteiger charge is 2.41. The van der Waals surface area contributed by atoms with E-state index in [2.05, 4.69) is 12.2 Å². The number of hydrogen-bond acceptors (Lipinski definition) is 4. The van der Waals surface area contributed by atoms with Crippen LogP contribution in [0.1, 0.15) is 30.9 Å². The summed E-state index contributed by atoms with van der Waals surface area (Å²) < 4.78 is 39.7. The van der Waals surface area contributed by atoms with Gasteiger partial charge in [0.2, 0.25) is 0 Å². The summed E-state index contributed by atoms with van der Waals surface area (Å²) in [6.07, 6.45) is -3.50. The first-order valence-electron chi connectivity index (χ1n) is 10.4. The molecule has 9 heteroatoms. The fourth-order valence-electron chi connectivity index (χ4n) is 3.87. The van der Waals surface area contributed by atoms with Crippen LogP contribution in [0.25, 0.3) is 0 Å². The minimum absolute atomic E-state index is 0.241. The van der Waals surface area contributed by atoms with Gasteiger partial charge in [0.05, 0.1) is 17.0 Å². The van der Waals surface area contributed by atoms with Crippen molar-refractivity contribution in [1.82, 2.24) is 4.90 Å². The van der Waals surface area contributed by atoms with Crippen LogP contribution in [0.15, 0.2) is 64.6 Å². The van der Waals surface area contributed by atoms with Crippen molar-refractivity contribution in [3.05, 3.63) is 65.7 Å². The van der Waals surface area contributed by atoms with E-state index in [1.54, 1.807) is 11.8 Å². The Hall–Kier alpha value is -2.81. The van der Waals surface area contributed by atoms with Gasteiger partial charge in [0, 0.05) is 31.5 Å². The molecule has 0 bridgehead atoms. The lowest BCUT2D eigenvalue weighted by Gasteiger charge is -2.35. The van der Waals surface area contributed by atoms with E-state index < -0.39 is 23.4 Å². The average Bonchev–Trinajstić information content (AvgIpc) is 3.12. The molecule has 0 atom stereocenters. The van der Waals surface area contributed by atoms with E-state index >= 15 is 0 Å². The van der Waals surface area contributed by atoms with Crippen LogP contribution in [0.4, 0.5) is 23.7 Å². The smallest absolute Gasteiger partial charge is 0.324 e. The quantitative estimate of drug-likeness (QED) is 0.640. The number of urea groups is 1. The van der Waals surface area contributed by atoms with Gasteiger partial charge in [0.25, 0.3) is 0 Å². The first kappa shape index (κ1) is 22.4. The van der Waals surface area contributed by atoms with Gasteiger partial charge in [-0.25, -0.2) is 9.79 Å². The number of carbonyl (C=O) groups is 1. The summed E-state index contributed by atoms with van der Waals surface area (Å²) in [5.74, 6) is 0.869. The zero-order valence-electron chi connectivity index (χ0n) is 17.5. The third kappa shape index (κ3) is 4.67. The number of alkyl halides is 3. The zero-order chi connectivity index (χ0) is 22.8. The van der Waals surface area contributed by atoms with Crippen molar-refractivity contribution >= 4 is 34.2 Å². The number of piperidine rings is 1. The van der Waals surface area contributed by atoms with Crippen LogP contribution in [0, 0.1) is 0 Å². The van der Waals surface area contributed by atoms with Gasteiger partial charge in [-0.05, 0) is 17.9 Å². The average molecular weight is 461 g/mol. The molecular formula is C23H23F3N4OS. The Morgan fingerprint density at radius 1 is 1.06 bits per heavy atom. The van der Waals surface area contributed by atoms with Crippen LogP contribution in [0.5, 0.6) is 0 Å².